The van der Waals surface area contributed by atoms with E-state index in [1.165, 1.54) is 45.9 Å². The summed E-state index contributed by atoms with van der Waals surface area (Å²) in [5.41, 5.74) is -8.08. The molecule has 0 aromatic heterocycles. The summed E-state index contributed by atoms with van der Waals surface area (Å²) in [6, 6.07) is 9.28. The molecule has 4 rings (SSSR count). The van der Waals surface area contributed by atoms with Crippen molar-refractivity contribution in [1.82, 2.24) is 0 Å². The van der Waals surface area contributed by atoms with E-state index < -0.39 is 165 Å². The van der Waals surface area contributed by atoms with Crippen LogP contribution in [-0.4, -0.2) is 95.3 Å². The molecule has 0 amide bonds. The normalized spacial score (nSPS) is 14.6. The lowest BCUT2D eigenvalue weighted by molar-refractivity contribution is -0.553. The number of hydrogen-bond acceptors (Lipinski definition) is 7. The first-order chi connectivity index (χ1) is 34.4. The van der Waals surface area contributed by atoms with E-state index in [1.54, 1.807) is 0 Å². The molecule has 7 nitrogen and oxygen atoms in total. The first kappa shape index (κ1) is 63.0. The Bertz CT molecular complexity index is 2630. The molecule has 0 heterocycles. The van der Waals surface area contributed by atoms with Crippen LogP contribution >= 0.6 is 0 Å². The van der Waals surface area contributed by atoms with Crippen molar-refractivity contribution in [2.24, 2.45) is 0 Å². The molecule has 0 aliphatic carbocycles. The van der Waals surface area contributed by atoms with Crippen molar-refractivity contribution in [1.29, 1.82) is 0 Å². The smallest absolute Gasteiger partial charge is 0.285 e. The number of hydrogen-bond donors (Lipinski definition) is 0. The van der Waals surface area contributed by atoms with Crippen molar-refractivity contribution < 1.29 is 156 Å². The van der Waals surface area contributed by atoms with E-state index in [-0.39, 0.29) is 24.3 Å². The molecule has 0 saturated heterocycles. The summed E-state index contributed by atoms with van der Waals surface area (Å²) in [6.45, 7) is 0. The molecule has 4 aromatic carbocycles. The van der Waals surface area contributed by atoms with Gasteiger partial charge in [-0.15, -0.1) is 0 Å². The van der Waals surface area contributed by atoms with Crippen LogP contribution in [0.1, 0.15) is 52.6 Å². The Labute approximate surface area is 406 Å². The Kier molecular flexibility index (Phi) is 16.2. The zero-order valence-corrected chi connectivity index (χ0v) is 35.8. The molecular weight excluding hydrogens is 1150 g/mol. The molecule has 0 saturated carbocycles. The first-order valence-corrected chi connectivity index (χ1v) is 19.3. The molecule has 0 aliphatic rings. The molecule has 4 aromatic rings. The van der Waals surface area contributed by atoms with Gasteiger partial charge in [-0.05, 0) is 0 Å². The van der Waals surface area contributed by atoms with Crippen LogP contribution < -0.4 is 0 Å². The highest BCUT2D eigenvalue weighted by molar-refractivity contribution is 6.49. The van der Waals surface area contributed by atoms with Crippen molar-refractivity contribution in [3.05, 3.63) is 143 Å². The Morgan fingerprint density at radius 1 is 0.234 bits per heavy atom. The van der Waals surface area contributed by atoms with E-state index in [4.69, 9.17) is 0 Å². The van der Waals surface area contributed by atoms with Crippen LogP contribution in [0.15, 0.2) is 109 Å². The van der Waals surface area contributed by atoms with E-state index in [9.17, 15) is 142 Å². The fraction of sp³-hybridized carbons (Fsp3) is 0.333. The minimum absolute atomic E-state index is 0.0277. The number of carbonyl (C=O) groups is 4. The lowest BCUT2D eigenvalue weighted by Gasteiger charge is -2.41. The summed E-state index contributed by atoms with van der Waals surface area (Å²) in [5.74, 6) is -72.3. The van der Waals surface area contributed by atoms with Gasteiger partial charge in [0.2, 0.25) is 23.1 Å². The van der Waals surface area contributed by atoms with Gasteiger partial charge in [0.25, 0.3) is 0 Å². The number of rotatable bonds is 24. The quantitative estimate of drug-likeness (QED) is 0.0392. The third kappa shape index (κ3) is 10.5. The summed E-state index contributed by atoms with van der Waals surface area (Å²) in [7, 11) is 0. The molecule has 0 radical (unpaired) electrons. The molecule has 0 aliphatic heterocycles. The largest absolute Gasteiger partial charge is 0.430 e. The SMILES string of the molecule is O=C(C(=O)c1ccc(C(F)(F)C(F)(F)C(F)(F)OC(F)(F)C(F)(F)C(F)(F)C(F)(F)OC(F)(F)C(F)(F)C(F)(F)C(F)(F)OC(F)(F)C(F)(F)C(F)(F)c2ccc(C(=O)C(=O)c3ccccc3)cc2)cc1)c1ccccc1. The van der Waals surface area contributed by atoms with Crippen molar-refractivity contribution in [3.8, 4) is 0 Å². The number of benzene rings is 4. The molecule has 0 N–H and O–H groups in total. The molecule has 35 heteroatoms. The predicted molar refractivity (Wildman–Crippen MR) is 193 cm³/mol. The Hall–Kier alpha value is -6.52. The fourth-order valence-corrected chi connectivity index (χ4v) is 5.69. The Morgan fingerprint density at radius 3 is 0.597 bits per heavy atom. The third-order valence-corrected chi connectivity index (χ3v) is 10.0. The number of halogens is 28. The Morgan fingerprint density at radius 2 is 0.403 bits per heavy atom. The molecule has 424 valence electrons. The highest BCUT2D eigenvalue weighted by Crippen LogP contribution is 2.62. The maximum absolute atomic E-state index is 14.7. The summed E-state index contributed by atoms with van der Waals surface area (Å²) >= 11 is 0. The van der Waals surface area contributed by atoms with Crippen LogP contribution in [-0.2, 0) is 26.1 Å². The van der Waals surface area contributed by atoms with Gasteiger partial charge in [0.15, 0.2) is 0 Å². The number of alkyl halides is 28. The third-order valence-electron chi connectivity index (χ3n) is 10.0. The molecule has 0 atom stereocenters. The summed E-state index contributed by atoms with van der Waals surface area (Å²) in [4.78, 5) is 49.2. The van der Waals surface area contributed by atoms with Crippen LogP contribution in [0, 0.1) is 0 Å². The molecular formula is C42H18F28O7. The zero-order valence-electron chi connectivity index (χ0n) is 35.8. The minimum atomic E-state index is -9.20. The standard InChI is InChI=1S/C42H18F28O7/c43-29(44,23-15-11-21(12-16-23)27(73)25(71)19-7-3-1-4-8-19)31(47,48)37(59,60)75-39(63,64)33(51,52)35(55,56)41(67,68)77-42(69,70)36(57,58)34(53,54)40(65,66)76-38(61,62)32(49,50)30(45,46)24-17-13-22(14-18-24)28(74)26(72)20-9-5-2-6-10-20/h1-18H. The van der Waals surface area contributed by atoms with Crippen molar-refractivity contribution in [2.75, 3.05) is 0 Å². The number of ether oxygens (including phenoxy) is 3. The Balaban J connectivity index is 1.57. The van der Waals surface area contributed by atoms with Crippen LogP contribution in [0.2, 0.25) is 0 Å². The summed E-state index contributed by atoms with van der Waals surface area (Å²) in [6.07, 6.45) is -51.8. The molecule has 0 spiro atoms. The summed E-state index contributed by atoms with van der Waals surface area (Å²) in [5, 5.41) is 0. The maximum atomic E-state index is 14.7. The number of carbonyl (C=O) groups excluding carboxylic acids is 4. The fourth-order valence-electron chi connectivity index (χ4n) is 5.69. The lowest BCUT2D eigenvalue weighted by atomic mass is 9.96. The van der Waals surface area contributed by atoms with Gasteiger partial charge in [0.1, 0.15) is 0 Å². The first-order valence-electron chi connectivity index (χ1n) is 19.3. The van der Waals surface area contributed by atoms with E-state index >= 15 is 0 Å². The lowest BCUT2D eigenvalue weighted by Crippen LogP contribution is -2.70. The monoisotopic (exact) mass is 1170 g/mol. The molecule has 0 fully saturated rings. The molecule has 0 bridgehead atoms. The minimum Gasteiger partial charge on any atom is -0.285 e. The van der Waals surface area contributed by atoms with Crippen LogP contribution in [0.25, 0.3) is 0 Å². The van der Waals surface area contributed by atoms with E-state index in [0.717, 1.165) is 29.0 Å². The van der Waals surface area contributed by atoms with E-state index in [1.807, 2.05) is 0 Å². The number of ketones is 4. The van der Waals surface area contributed by atoms with Crippen molar-refractivity contribution in [3.63, 3.8) is 0 Å². The van der Waals surface area contributed by atoms with E-state index in [2.05, 4.69) is 0 Å². The van der Waals surface area contributed by atoms with Gasteiger partial charge in [-0.25, -0.2) is 14.2 Å². The van der Waals surface area contributed by atoms with Gasteiger partial charge in [0.05, 0.1) is 0 Å². The average molecular weight is 1170 g/mol. The van der Waals surface area contributed by atoms with Crippen molar-refractivity contribution >= 4 is 23.1 Å². The number of Topliss-reactive ketones (excluding diaryl/α,β-unsaturated/α-hetero) is 4. The van der Waals surface area contributed by atoms with Gasteiger partial charge in [-0.3, -0.25) is 19.2 Å². The van der Waals surface area contributed by atoms with Gasteiger partial charge >= 0.3 is 84.0 Å². The van der Waals surface area contributed by atoms with Gasteiger partial charge < -0.3 is 0 Å². The second-order valence-corrected chi connectivity index (χ2v) is 15.2. The van der Waals surface area contributed by atoms with Crippen LogP contribution in [0.3, 0.4) is 0 Å². The molecule has 77 heavy (non-hydrogen) atoms. The zero-order chi connectivity index (χ0) is 59.6. The topological polar surface area (TPSA) is 96.0 Å². The average Bonchev–Trinajstić information content (AvgIpc) is 3.32. The second-order valence-electron chi connectivity index (χ2n) is 15.2. The van der Waals surface area contributed by atoms with Gasteiger partial charge in [0, 0.05) is 33.4 Å². The predicted octanol–water partition coefficient (Wildman–Crippen LogP) is 14.1. The van der Waals surface area contributed by atoms with Crippen LogP contribution in [0.5, 0.6) is 0 Å². The highest BCUT2D eigenvalue weighted by Gasteiger charge is 2.91. The second kappa shape index (κ2) is 19.7. The highest BCUT2D eigenvalue weighted by atomic mass is 19.4. The van der Waals surface area contributed by atoms with Gasteiger partial charge in [-0.1, -0.05) is 109 Å². The summed E-state index contributed by atoms with van der Waals surface area (Å²) < 4.78 is 406. The van der Waals surface area contributed by atoms with Crippen molar-refractivity contribution in [2.45, 2.75) is 84.0 Å². The van der Waals surface area contributed by atoms with E-state index in [0.29, 0.717) is 0 Å². The maximum Gasteiger partial charge on any atom is 0.430 e. The van der Waals surface area contributed by atoms with Crippen LogP contribution in [0.4, 0.5) is 123 Å². The molecule has 0 unspecified atom stereocenters. The van der Waals surface area contributed by atoms with Gasteiger partial charge in [-0.2, -0.15) is 123 Å².